The standard InChI is InChI=1S/C9H11N2Se.HI/c1-7(2)11-9-6-4-3-5-8(9)10-12-11;/h3-7H,1-2H3;1H/q+1;/p-1. The Labute approximate surface area is 101 Å². The van der Waals surface area contributed by atoms with Gasteiger partial charge in [0.15, 0.2) is 0 Å². The van der Waals surface area contributed by atoms with Crippen molar-refractivity contribution in [2.24, 2.45) is 0 Å². The molecule has 0 fully saturated rings. The number of benzene rings is 1. The van der Waals surface area contributed by atoms with Crippen molar-refractivity contribution in [2.45, 2.75) is 19.9 Å². The Morgan fingerprint density at radius 3 is 2.69 bits per heavy atom. The summed E-state index contributed by atoms with van der Waals surface area (Å²) in [6.07, 6.45) is 0. The van der Waals surface area contributed by atoms with Crippen molar-refractivity contribution >= 4 is 26.0 Å². The molecular formula is C9H11IN2Se. The Morgan fingerprint density at radius 1 is 1.31 bits per heavy atom. The van der Waals surface area contributed by atoms with Gasteiger partial charge in [-0.15, -0.1) is 0 Å². The smallest absolute Gasteiger partial charge is 1.00 e. The molecule has 0 N–H and O–H groups in total. The van der Waals surface area contributed by atoms with Gasteiger partial charge in [0.25, 0.3) is 0 Å². The zero-order valence-electron chi connectivity index (χ0n) is 7.57. The van der Waals surface area contributed by atoms with E-state index in [-0.39, 0.29) is 38.9 Å². The van der Waals surface area contributed by atoms with Gasteiger partial charge in [0.05, 0.1) is 0 Å². The SMILES string of the molecule is CC(C)[n+]1[se]nc2ccccc21.[I-]. The van der Waals surface area contributed by atoms with E-state index >= 15 is 0 Å². The summed E-state index contributed by atoms with van der Waals surface area (Å²) in [5, 5.41) is 0. The molecule has 0 aliphatic rings. The van der Waals surface area contributed by atoms with Crippen LogP contribution in [0.15, 0.2) is 24.3 Å². The van der Waals surface area contributed by atoms with Crippen LogP contribution in [0.1, 0.15) is 19.9 Å². The first-order chi connectivity index (χ1) is 5.79. The van der Waals surface area contributed by atoms with E-state index in [0.29, 0.717) is 6.04 Å². The normalized spacial score (nSPS) is 10.4. The largest absolute Gasteiger partial charge is 1.00 e. The third-order valence-electron chi connectivity index (χ3n) is 1.82. The Kier molecular flexibility index (Phi) is 3.88. The summed E-state index contributed by atoms with van der Waals surface area (Å²) in [6.45, 7) is 4.42. The van der Waals surface area contributed by atoms with Crippen molar-refractivity contribution < 1.29 is 27.5 Å². The molecule has 2 aromatic rings. The first kappa shape index (κ1) is 11.1. The number of fused-ring (bicyclic) bond motifs is 1. The number of halogens is 1. The zero-order chi connectivity index (χ0) is 8.55. The molecule has 0 bridgehead atoms. The van der Waals surface area contributed by atoms with Crippen LogP contribution in [-0.2, 0) is 0 Å². The Bertz CT molecular complexity index is 397. The predicted octanol–water partition coefficient (Wildman–Crippen LogP) is -1.84. The van der Waals surface area contributed by atoms with Gasteiger partial charge in [-0.05, 0) is 0 Å². The van der Waals surface area contributed by atoms with E-state index in [1.807, 2.05) is 6.07 Å². The second-order valence-corrected chi connectivity index (χ2v) is 4.63. The summed E-state index contributed by atoms with van der Waals surface area (Å²) in [5.41, 5.74) is 2.46. The molecule has 4 heteroatoms. The van der Waals surface area contributed by atoms with Gasteiger partial charge in [-0.25, -0.2) is 0 Å². The molecule has 0 saturated heterocycles. The van der Waals surface area contributed by atoms with Crippen LogP contribution >= 0.6 is 0 Å². The number of aromatic nitrogens is 2. The van der Waals surface area contributed by atoms with E-state index in [1.165, 1.54) is 5.52 Å². The van der Waals surface area contributed by atoms with Gasteiger partial charge in [0.2, 0.25) is 0 Å². The van der Waals surface area contributed by atoms with Gasteiger partial charge in [0.1, 0.15) is 0 Å². The Morgan fingerprint density at radius 2 is 2.00 bits per heavy atom. The molecule has 0 saturated carbocycles. The Hall–Kier alpha value is 0.0695. The predicted molar refractivity (Wildman–Crippen MR) is 49.3 cm³/mol. The van der Waals surface area contributed by atoms with E-state index in [0.717, 1.165) is 5.52 Å². The molecule has 2 rings (SSSR count). The summed E-state index contributed by atoms with van der Waals surface area (Å²) in [6, 6.07) is 8.91. The third-order valence-corrected chi connectivity index (χ3v) is 4.07. The minimum Gasteiger partial charge on any atom is -1.00 e. The minimum absolute atomic E-state index is 0. The van der Waals surface area contributed by atoms with Crippen LogP contribution in [0.25, 0.3) is 11.0 Å². The van der Waals surface area contributed by atoms with Crippen molar-refractivity contribution in [3.8, 4) is 0 Å². The molecule has 0 spiro atoms. The Balaban J connectivity index is 0.000000845. The van der Waals surface area contributed by atoms with Gasteiger partial charge in [-0.3, -0.25) is 0 Å². The summed E-state index contributed by atoms with van der Waals surface area (Å²) < 4.78 is 6.85. The van der Waals surface area contributed by atoms with Gasteiger partial charge in [-0.1, -0.05) is 0 Å². The molecule has 2 nitrogen and oxygen atoms in total. The molecule has 0 radical (unpaired) electrons. The molecule has 70 valence electrons. The number of hydrogen-bond acceptors (Lipinski definition) is 1. The second-order valence-electron chi connectivity index (χ2n) is 3.08. The number of hydrogen-bond donors (Lipinski definition) is 0. The van der Waals surface area contributed by atoms with Crippen LogP contribution in [0.4, 0.5) is 0 Å². The van der Waals surface area contributed by atoms with E-state index in [4.69, 9.17) is 0 Å². The molecule has 0 unspecified atom stereocenters. The summed E-state index contributed by atoms with van der Waals surface area (Å²) in [4.78, 5) is 0. The van der Waals surface area contributed by atoms with Crippen molar-refractivity contribution in [2.75, 3.05) is 0 Å². The van der Waals surface area contributed by atoms with Gasteiger partial charge in [0, 0.05) is 0 Å². The molecular weight excluding hydrogens is 342 g/mol. The molecule has 1 aromatic carbocycles. The summed E-state index contributed by atoms with van der Waals surface area (Å²) in [5.74, 6) is 0. The van der Waals surface area contributed by atoms with E-state index in [9.17, 15) is 0 Å². The van der Waals surface area contributed by atoms with Gasteiger partial charge < -0.3 is 24.0 Å². The monoisotopic (exact) mass is 354 g/mol. The van der Waals surface area contributed by atoms with Gasteiger partial charge >= 0.3 is 77.7 Å². The van der Waals surface area contributed by atoms with Crippen molar-refractivity contribution in [3.05, 3.63) is 24.3 Å². The number of nitrogens with zero attached hydrogens (tertiary/aromatic N) is 2. The molecule has 13 heavy (non-hydrogen) atoms. The molecule has 0 aliphatic carbocycles. The number of rotatable bonds is 1. The minimum atomic E-state index is 0. The van der Waals surface area contributed by atoms with E-state index in [2.05, 4.69) is 39.6 Å². The molecule has 1 heterocycles. The van der Waals surface area contributed by atoms with Crippen LogP contribution in [0.3, 0.4) is 0 Å². The van der Waals surface area contributed by atoms with Crippen LogP contribution < -0.4 is 27.5 Å². The first-order valence-electron chi connectivity index (χ1n) is 4.05. The number of para-hydroxylation sites is 1. The molecule has 0 amide bonds. The second kappa shape index (κ2) is 4.53. The van der Waals surface area contributed by atoms with Gasteiger partial charge in [-0.2, -0.15) is 0 Å². The van der Waals surface area contributed by atoms with Crippen LogP contribution in [0, 0.1) is 0 Å². The van der Waals surface area contributed by atoms with E-state index < -0.39 is 0 Å². The van der Waals surface area contributed by atoms with E-state index in [1.54, 1.807) is 0 Å². The average Bonchev–Trinajstić information content (AvgIpc) is 2.47. The third kappa shape index (κ3) is 2.11. The zero-order valence-corrected chi connectivity index (χ0v) is 11.4. The fourth-order valence-electron chi connectivity index (χ4n) is 1.23. The van der Waals surface area contributed by atoms with Crippen LogP contribution in [0.2, 0.25) is 0 Å². The molecule has 1 aromatic heterocycles. The molecule has 0 aliphatic heterocycles. The summed E-state index contributed by atoms with van der Waals surface area (Å²) >= 11 is 0.276. The van der Waals surface area contributed by atoms with Crippen molar-refractivity contribution in [1.82, 2.24) is 3.98 Å². The maximum Gasteiger partial charge on any atom is -1.00 e. The van der Waals surface area contributed by atoms with Crippen LogP contribution in [0.5, 0.6) is 0 Å². The molecule has 0 atom stereocenters. The van der Waals surface area contributed by atoms with Crippen molar-refractivity contribution in [3.63, 3.8) is 0 Å². The maximum atomic E-state index is 4.49. The summed E-state index contributed by atoms with van der Waals surface area (Å²) in [7, 11) is 0. The quantitative estimate of drug-likeness (QED) is 0.435. The topological polar surface area (TPSA) is 16.8 Å². The fraction of sp³-hybridized carbons (Fsp3) is 0.333. The fourth-order valence-corrected chi connectivity index (χ4v) is 2.83. The van der Waals surface area contributed by atoms with Crippen molar-refractivity contribution in [1.29, 1.82) is 0 Å². The first-order valence-corrected chi connectivity index (χ1v) is 5.58. The average molecular weight is 353 g/mol. The maximum absolute atomic E-state index is 4.49. The van der Waals surface area contributed by atoms with Crippen LogP contribution in [-0.4, -0.2) is 18.9 Å².